The molecule has 2 fully saturated rings. The Morgan fingerprint density at radius 1 is 1.39 bits per heavy atom. The summed E-state index contributed by atoms with van der Waals surface area (Å²) < 4.78 is 0. The highest BCUT2D eigenvalue weighted by molar-refractivity contribution is 5.81. The zero-order chi connectivity index (χ0) is 13.1. The average Bonchev–Trinajstić information content (AvgIpc) is 2.94. The standard InChI is InChI=1S/C14H27N3O/c1-11(8-9-16(2)3)17-13(18)10-15-14(17)12-6-4-5-7-12/h11-12,14-15H,4-10H2,1-3H3. The van der Waals surface area contributed by atoms with Crippen LogP contribution in [0.5, 0.6) is 0 Å². The Kier molecular flexibility index (Phi) is 4.62. The number of amides is 1. The number of hydrogen-bond donors (Lipinski definition) is 1. The number of nitrogens with one attached hydrogen (secondary N) is 1. The lowest BCUT2D eigenvalue weighted by Crippen LogP contribution is -2.47. The zero-order valence-electron chi connectivity index (χ0n) is 12.0. The van der Waals surface area contributed by atoms with Crippen molar-refractivity contribution in [2.24, 2.45) is 5.92 Å². The second-order valence-corrected chi connectivity index (χ2v) is 6.11. The molecule has 0 aromatic carbocycles. The Labute approximate surface area is 111 Å². The summed E-state index contributed by atoms with van der Waals surface area (Å²) >= 11 is 0. The van der Waals surface area contributed by atoms with Gasteiger partial charge in [0.1, 0.15) is 0 Å². The van der Waals surface area contributed by atoms with Crippen molar-refractivity contribution in [3.63, 3.8) is 0 Å². The molecule has 1 aliphatic heterocycles. The first kappa shape index (κ1) is 13.8. The van der Waals surface area contributed by atoms with Gasteiger partial charge in [-0.25, -0.2) is 0 Å². The minimum Gasteiger partial charge on any atom is -0.323 e. The lowest BCUT2D eigenvalue weighted by atomic mass is 10.0. The third kappa shape index (κ3) is 3.04. The Morgan fingerprint density at radius 3 is 2.67 bits per heavy atom. The van der Waals surface area contributed by atoms with Crippen LogP contribution in [-0.4, -0.2) is 55.1 Å². The van der Waals surface area contributed by atoms with Crippen LogP contribution in [0.15, 0.2) is 0 Å². The lowest BCUT2D eigenvalue weighted by molar-refractivity contribution is -0.130. The van der Waals surface area contributed by atoms with Crippen LogP contribution in [0.3, 0.4) is 0 Å². The van der Waals surface area contributed by atoms with Gasteiger partial charge in [-0.1, -0.05) is 12.8 Å². The maximum absolute atomic E-state index is 12.1. The van der Waals surface area contributed by atoms with Gasteiger partial charge in [0.2, 0.25) is 5.91 Å². The van der Waals surface area contributed by atoms with Crippen LogP contribution in [0.4, 0.5) is 0 Å². The largest absolute Gasteiger partial charge is 0.323 e. The number of carbonyl (C=O) groups excluding carboxylic acids is 1. The van der Waals surface area contributed by atoms with Gasteiger partial charge in [0.25, 0.3) is 0 Å². The van der Waals surface area contributed by atoms with E-state index in [1.807, 2.05) is 0 Å². The summed E-state index contributed by atoms with van der Waals surface area (Å²) in [5, 5.41) is 3.43. The van der Waals surface area contributed by atoms with E-state index < -0.39 is 0 Å². The fraction of sp³-hybridized carbons (Fsp3) is 0.929. The molecule has 1 N–H and O–H groups in total. The van der Waals surface area contributed by atoms with Gasteiger partial charge in [0.05, 0.1) is 12.7 Å². The predicted octanol–water partition coefficient (Wildman–Crippen LogP) is 1.27. The number of rotatable bonds is 5. The molecule has 4 nitrogen and oxygen atoms in total. The van der Waals surface area contributed by atoms with Crippen molar-refractivity contribution in [2.75, 3.05) is 27.2 Å². The van der Waals surface area contributed by atoms with E-state index in [1.165, 1.54) is 25.7 Å². The second-order valence-electron chi connectivity index (χ2n) is 6.11. The molecule has 1 heterocycles. The first-order chi connectivity index (χ1) is 8.59. The molecule has 2 rings (SSSR count). The highest BCUT2D eigenvalue weighted by atomic mass is 16.2. The van der Waals surface area contributed by atoms with Gasteiger partial charge in [-0.3, -0.25) is 10.1 Å². The van der Waals surface area contributed by atoms with E-state index >= 15 is 0 Å². The molecule has 2 unspecified atom stereocenters. The van der Waals surface area contributed by atoms with Crippen LogP contribution in [0.1, 0.15) is 39.0 Å². The van der Waals surface area contributed by atoms with Gasteiger partial charge in [-0.15, -0.1) is 0 Å². The second kappa shape index (κ2) is 6.02. The maximum Gasteiger partial charge on any atom is 0.238 e. The summed E-state index contributed by atoms with van der Waals surface area (Å²) in [5.74, 6) is 0.969. The summed E-state index contributed by atoms with van der Waals surface area (Å²) in [6.45, 7) is 3.77. The minimum atomic E-state index is 0.290. The maximum atomic E-state index is 12.1. The SMILES string of the molecule is CC(CCN(C)C)N1C(=O)CNC1C1CCCC1. The van der Waals surface area contributed by atoms with E-state index in [0.29, 0.717) is 24.7 Å². The molecule has 104 valence electrons. The third-order valence-corrected chi connectivity index (χ3v) is 4.37. The zero-order valence-corrected chi connectivity index (χ0v) is 12.0. The Balaban J connectivity index is 1.95. The fourth-order valence-corrected chi connectivity index (χ4v) is 3.31. The van der Waals surface area contributed by atoms with E-state index in [2.05, 4.69) is 36.1 Å². The van der Waals surface area contributed by atoms with Crippen molar-refractivity contribution >= 4 is 5.91 Å². The number of nitrogens with zero attached hydrogens (tertiary/aromatic N) is 2. The molecule has 1 saturated heterocycles. The first-order valence-corrected chi connectivity index (χ1v) is 7.29. The molecular formula is C14H27N3O. The van der Waals surface area contributed by atoms with E-state index in [0.717, 1.165) is 13.0 Å². The first-order valence-electron chi connectivity index (χ1n) is 7.29. The molecule has 0 spiro atoms. The van der Waals surface area contributed by atoms with Gasteiger partial charge in [0, 0.05) is 6.04 Å². The van der Waals surface area contributed by atoms with Gasteiger partial charge in [-0.2, -0.15) is 0 Å². The van der Waals surface area contributed by atoms with E-state index in [-0.39, 0.29) is 5.91 Å². The topological polar surface area (TPSA) is 35.6 Å². The van der Waals surface area contributed by atoms with Crippen LogP contribution >= 0.6 is 0 Å². The molecule has 2 atom stereocenters. The summed E-state index contributed by atoms with van der Waals surface area (Å²) in [6.07, 6.45) is 6.58. The van der Waals surface area contributed by atoms with Crippen LogP contribution in [0.25, 0.3) is 0 Å². The van der Waals surface area contributed by atoms with Gasteiger partial charge >= 0.3 is 0 Å². The molecule has 1 aliphatic carbocycles. The van der Waals surface area contributed by atoms with Crippen molar-refractivity contribution in [1.29, 1.82) is 0 Å². The fourth-order valence-electron chi connectivity index (χ4n) is 3.31. The van der Waals surface area contributed by atoms with Crippen LogP contribution < -0.4 is 5.32 Å². The van der Waals surface area contributed by atoms with Crippen molar-refractivity contribution in [3.8, 4) is 0 Å². The van der Waals surface area contributed by atoms with Crippen LogP contribution in [0, 0.1) is 5.92 Å². The predicted molar refractivity (Wildman–Crippen MR) is 73.2 cm³/mol. The van der Waals surface area contributed by atoms with Gasteiger partial charge < -0.3 is 9.80 Å². The van der Waals surface area contributed by atoms with Gasteiger partial charge in [-0.05, 0) is 52.7 Å². The Morgan fingerprint density at radius 2 is 2.06 bits per heavy atom. The van der Waals surface area contributed by atoms with Crippen LogP contribution in [0.2, 0.25) is 0 Å². The van der Waals surface area contributed by atoms with E-state index in [4.69, 9.17) is 0 Å². The molecule has 0 aromatic rings. The quantitative estimate of drug-likeness (QED) is 0.801. The smallest absolute Gasteiger partial charge is 0.238 e. The summed E-state index contributed by atoms with van der Waals surface area (Å²) in [7, 11) is 4.18. The number of hydrogen-bond acceptors (Lipinski definition) is 3. The average molecular weight is 253 g/mol. The molecule has 1 saturated carbocycles. The van der Waals surface area contributed by atoms with Crippen molar-refractivity contribution < 1.29 is 4.79 Å². The highest BCUT2D eigenvalue weighted by Crippen LogP contribution is 2.32. The molecule has 2 aliphatic rings. The van der Waals surface area contributed by atoms with E-state index in [1.54, 1.807) is 0 Å². The van der Waals surface area contributed by atoms with Crippen molar-refractivity contribution in [3.05, 3.63) is 0 Å². The minimum absolute atomic E-state index is 0.290. The Hall–Kier alpha value is -0.610. The monoisotopic (exact) mass is 253 g/mol. The summed E-state index contributed by atoms with van der Waals surface area (Å²) in [6, 6.07) is 0.348. The molecule has 1 amide bonds. The summed E-state index contributed by atoms with van der Waals surface area (Å²) in [5.41, 5.74) is 0. The van der Waals surface area contributed by atoms with E-state index in [9.17, 15) is 4.79 Å². The molecule has 18 heavy (non-hydrogen) atoms. The molecule has 0 aromatic heterocycles. The summed E-state index contributed by atoms with van der Waals surface area (Å²) in [4.78, 5) is 16.4. The normalized spacial score (nSPS) is 27.4. The third-order valence-electron chi connectivity index (χ3n) is 4.37. The van der Waals surface area contributed by atoms with Crippen LogP contribution in [-0.2, 0) is 4.79 Å². The molecular weight excluding hydrogens is 226 g/mol. The van der Waals surface area contributed by atoms with Crippen molar-refractivity contribution in [1.82, 2.24) is 15.1 Å². The Bertz CT molecular complexity index is 287. The lowest BCUT2D eigenvalue weighted by Gasteiger charge is -2.34. The van der Waals surface area contributed by atoms with Gasteiger partial charge in [0.15, 0.2) is 0 Å². The molecule has 4 heteroatoms. The number of carbonyl (C=O) groups is 1. The molecule has 0 bridgehead atoms. The highest BCUT2D eigenvalue weighted by Gasteiger charge is 2.39. The molecule has 0 radical (unpaired) electrons. The van der Waals surface area contributed by atoms with Crippen molar-refractivity contribution in [2.45, 2.75) is 51.2 Å².